The SMILES string of the molecule is CC(C)(C)OC(=O)N1CCC(COc2ccc(C3=CCC(C(=O)NCC(O)CO)CC3)nc2)CC1. The largest absolute Gasteiger partial charge is 0.492 e. The van der Waals surface area contributed by atoms with Crippen LogP contribution in [0.15, 0.2) is 24.4 Å². The van der Waals surface area contributed by atoms with Gasteiger partial charge in [0.1, 0.15) is 11.4 Å². The van der Waals surface area contributed by atoms with Crippen molar-refractivity contribution < 1.29 is 29.3 Å². The summed E-state index contributed by atoms with van der Waals surface area (Å²) >= 11 is 0. The van der Waals surface area contributed by atoms with Crippen LogP contribution in [0.3, 0.4) is 0 Å². The number of carbonyl (C=O) groups excluding carboxylic acids is 2. The number of aromatic nitrogens is 1. The predicted molar refractivity (Wildman–Crippen MR) is 132 cm³/mol. The molecule has 1 saturated heterocycles. The maximum atomic E-state index is 12.2. The van der Waals surface area contributed by atoms with Gasteiger partial charge in [-0.25, -0.2) is 4.79 Å². The highest BCUT2D eigenvalue weighted by molar-refractivity contribution is 5.80. The summed E-state index contributed by atoms with van der Waals surface area (Å²) in [5.41, 5.74) is 1.52. The topological polar surface area (TPSA) is 121 Å². The van der Waals surface area contributed by atoms with Crippen molar-refractivity contribution in [1.29, 1.82) is 0 Å². The molecular formula is C26H39N3O6. The highest BCUT2D eigenvalue weighted by atomic mass is 16.6. The van der Waals surface area contributed by atoms with Crippen molar-refractivity contribution >= 4 is 17.6 Å². The Hall–Kier alpha value is -2.65. The van der Waals surface area contributed by atoms with Crippen LogP contribution in [0, 0.1) is 11.8 Å². The first kappa shape index (κ1) is 26.9. The van der Waals surface area contributed by atoms with E-state index in [1.165, 1.54) is 0 Å². The van der Waals surface area contributed by atoms with E-state index in [0.717, 1.165) is 42.7 Å². The molecule has 9 nitrogen and oxygen atoms in total. The fraction of sp³-hybridized carbons (Fsp3) is 0.654. The predicted octanol–water partition coefficient (Wildman–Crippen LogP) is 2.76. The molecule has 2 aliphatic rings. The molecule has 1 aliphatic carbocycles. The number of ether oxygens (including phenoxy) is 2. The standard InChI is InChI=1S/C26H39N3O6/c1-26(2,3)35-25(33)29-12-10-18(11-13-29)17-34-22-8-9-23(27-15-22)19-4-6-20(7-5-19)24(32)28-14-21(31)16-30/h4,8-9,15,18,20-21,30-31H,5-7,10-14,16-17H2,1-3H3,(H,28,32). The van der Waals surface area contributed by atoms with Crippen molar-refractivity contribution in [3.05, 3.63) is 30.1 Å². The number of hydrogen-bond donors (Lipinski definition) is 3. The van der Waals surface area contributed by atoms with Crippen LogP contribution in [0.25, 0.3) is 5.57 Å². The van der Waals surface area contributed by atoms with Crippen LogP contribution < -0.4 is 10.1 Å². The van der Waals surface area contributed by atoms with Crippen molar-refractivity contribution in [3.8, 4) is 5.75 Å². The molecule has 1 fully saturated rings. The molecule has 3 N–H and O–H groups in total. The summed E-state index contributed by atoms with van der Waals surface area (Å²) in [4.78, 5) is 30.7. The number of hydrogen-bond acceptors (Lipinski definition) is 7. The van der Waals surface area contributed by atoms with Crippen molar-refractivity contribution in [3.63, 3.8) is 0 Å². The van der Waals surface area contributed by atoms with Crippen LogP contribution in [-0.2, 0) is 9.53 Å². The molecule has 1 aromatic rings. The first-order chi connectivity index (χ1) is 16.6. The van der Waals surface area contributed by atoms with Crippen LogP contribution in [0.4, 0.5) is 4.79 Å². The second kappa shape index (κ2) is 12.4. The van der Waals surface area contributed by atoms with E-state index in [1.54, 1.807) is 11.1 Å². The van der Waals surface area contributed by atoms with E-state index in [4.69, 9.17) is 14.6 Å². The lowest BCUT2D eigenvalue weighted by atomic mass is 9.87. The lowest BCUT2D eigenvalue weighted by Gasteiger charge is -2.33. The Labute approximate surface area is 207 Å². The number of piperidine rings is 1. The molecule has 0 aromatic carbocycles. The molecule has 2 amide bonds. The van der Waals surface area contributed by atoms with Crippen molar-refractivity contribution in [2.45, 2.75) is 64.6 Å². The van der Waals surface area contributed by atoms with Crippen molar-refractivity contribution in [2.24, 2.45) is 11.8 Å². The van der Waals surface area contributed by atoms with E-state index < -0.39 is 11.7 Å². The van der Waals surface area contributed by atoms with Gasteiger partial charge in [0, 0.05) is 25.6 Å². The van der Waals surface area contributed by atoms with Crippen molar-refractivity contribution in [1.82, 2.24) is 15.2 Å². The number of rotatable bonds is 8. The number of aliphatic hydroxyl groups excluding tert-OH is 2. The number of nitrogens with one attached hydrogen (secondary N) is 1. The van der Waals surface area contributed by atoms with Gasteiger partial charge in [0.05, 0.1) is 31.2 Å². The second-order valence-corrected chi connectivity index (χ2v) is 10.4. The molecule has 9 heteroatoms. The normalized spacial score (nSPS) is 20.1. The third-order valence-electron chi connectivity index (χ3n) is 6.32. The van der Waals surface area contributed by atoms with E-state index in [0.29, 0.717) is 32.0 Å². The molecule has 1 aliphatic heterocycles. The Bertz CT molecular complexity index is 872. The average Bonchev–Trinajstić information content (AvgIpc) is 2.85. The van der Waals surface area contributed by atoms with Crippen LogP contribution in [0.2, 0.25) is 0 Å². The van der Waals surface area contributed by atoms with Gasteiger partial charge in [0.25, 0.3) is 0 Å². The second-order valence-electron chi connectivity index (χ2n) is 10.4. The van der Waals surface area contributed by atoms with Gasteiger partial charge in [-0.15, -0.1) is 0 Å². The summed E-state index contributed by atoms with van der Waals surface area (Å²) in [5.74, 6) is 0.880. The van der Waals surface area contributed by atoms with Gasteiger partial charge >= 0.3 is 6.09 Å². The van der Waals surface area contributed by atoms with Crippen LogP contribution >= 0.6 is 0 Å². The Morgan fingerprint density at radius 3 is 2.54 bits per heavy atom. The van der Waals surface area contributed by atoms with Crippen LogP contribution in [-0.4, -0.2) is 76.7 Å². The van der Waals surface area contributed by atoms with Gasteiger partial charge in [-0.1, -0.05) is 6.08 Å². The number of nitrogens with zero attached hydrogens (tertiary/aromatic N) is 2. The Morgan fingerprint density at radius 1 is 1.23 bits per heavy atom. The minimum Gasteiger partial charge on any atom is -0.492 e. The van der Waals surface area contributed by atoms with Gasteiger partial charge in [-0.2, -0.15) is 0 Å². The number of aliphatic hydroxyl groups is 2. The molecule has 0 saturated carbocycles. The monoisotopic (exact) mass is 489 g/mol. The Kier molecular flexibility index (Phi) is 9.51. The molecule has 2 atom stereocenters. The number of allylic oxidation sites excluding steroid dienone is 2. The molecular weight excluding hydrogens is 450 g/mol. The van der Waals surface area contributed by atoms with Gasteiger partial charge in [0.15, 0.2) is 0 Å². The molecule has 3 rings (SSSR count). The van der Waals surface area contributed by atoms with E-state index in [-0.39, 0.29) is 31.1 Å². The molecule has 194 valence electrons. The smallest absolute Gasteiger partial charge is 0.410 e. The van der Waals surface area contributed by atoms with Gasteiger partial charge in [0.2, 0.25) is 5.91 Å². The summed E-state index contributed by atoms with van der Waals surface area (Å²) in [5, 5.41) is 20.9. The quantitative estimate of drug-likeness (QED) is 0.513. The zero-order valence-corrected chi connectivity index (χ0v) is 21.0. The third-order valence-corrected chi connectivity index (χ3v) is 6.32. The zero-order chi connectivity index (χ0) is 25.4. The molecule has 1 aromatic heterocycles. The fourth-order valence-corrected chi connectivity index (χ4v) is 4.21. The first-order valence-electron chi connectivity index (χ1n) is 12.5. The lowest BCUT2D eigenvalue weighted by Crippen LogP contribution is -2.42. The molecule has 0 bridgehead atoms. The van der Waals surface area contributed by atoms with Gasteiger partial charge in [-0.3, -0.25) is 9.78 Å². The summed E-state index contributed by atoms with van der Waals surface area (Å²) < 4.78 is 11.4. The van der Waals surface area contributed by atoms with E-state index in [2.05, 4.69) is 16.4 Å². The van der Waals surface area contributed by atoms with E-state index >= 15 is 0 Å². The summed E-state index contributed by atoms with van der Waals surface area (Å²) in [6.45, 7) is 7.26. The van der Waals surface area contributed by atoms with Gasteiger partial charge < -0.3 is 29.9 Å². The van der Waals surface area contributed by atoms with E-state index in [1.807, 2.05) is 32.9 Å². The average molecular weight is 490 g/mol. The minimum atomic E-state index is -0.927. The molecule has 2 heterocycles. The summed E-state index contributed by atoms with van der Waals surface area (Å²) in [7, 11) is 0. The Balaban J connectivity index is 1.40. The van der Waals surface area contributed by atoms with Gasteiger partial charge in [-0.05, 0) is 76.5 Å². The van der Waals surface area contributed by atoms with Crippen LogP contribution in [0.5, 0.6) is 5.75 Å². The van der Waals surface area contributed by atoms with E-state index in [9.17, 15) is 14.7 Å². The molecule has 0 spiro atoms. The fourth-order valence-electron chi connectivity index (χ4n) is 4.21. The minimum absolute atomic E-state index is 0.0638. The summed E-state index contributed by atoms with van der Waals surface area (Å²) in [6.07, 6.45) is 6.47. The molecule has 0 radical (unpaired) electrons. The first-order valence-corrected chi connectivity index (χ1v) is 12.5. The highest BCUT2D eigenvalue weighted by Gasteiger charge is 2.27. The summed E-state index contributed by atoms with van der Waals surface area (Å²) in [6, 6.07) is 3.87. The van der Waals surface area contributed by atoms with Crippen molar-refractivity contribution in [2.75, 3.05) is 32.8 Å². The number of amides is 2. The molecule has 35 heavy (non-hydrogen) atoms. The maximum absolute atomic E-state index is 12.2. The third kappa shape index (κ3) is 8.50. The molecule has 2 unspecified atom stereocenters. The Morgan fingerprint density at radius 2 is 1.97 bits per heavy atom. The zero-order valence-electron chi connectivity index (χ0n) is 21.0. The lowest BCUT2D eigenvalue weighted by molar-refractivity contribution is -0.125. The highest BCUT2D eigenvalue weighted by Crippen LogP contribution is 2.30. The maximum Gasteiger partial charge on any atom is 0.410 e. The number of carbonyl (C=O) groups is 2. The van der Waals surface area contributed by atoms with Crippen LogP contribution in [0.1, 0.15) is 58.6 Å². The number of likely N-dealkylation sites (tertiary alicyclic amines) is 1. The number of pyridine rings is 1.